The predicted octanol–water partition coefficient (Wildman–Crippen LogP) is 1.79. The molecule has 0 saturated carbocycles. The van der Waals surface area contributed by atoms with Crippen molar-refractivity contribution >= 4 is 18.2 Å². The summed E-state index contributed by atoms with van der Waals surface area (Å²) in [4.78, 5) is 28.5. The highest BCUT2D eigenvalue weighted by molar-refractivity contribution is 6.00. The third kappa shape index (κ3) is 2.82. The molecule has 2 rings (SSSR count). The van der Waals surface area contributed by atoms with Crippen molar-refractivity contribution in [1.82, 2.24) is 0 Å². The van der Waals surface area contributed by atoms with Crippen LogP contribution in [0, 0.1) is 5.41 Å². The van der Waals surface area contributed by atoms with Crippen LogP contribution in [-0.4, -0.2) is 37.9 Å². The molecule has 1 aromatic rings. The molecule has 0 aliphatic carbocycles. The molecule has 0 fully saturated rings. The summed E-state index contributed by atoms with van der Waals surface area (Å²) < 4.78 is 9.72. The molecule has 0 aromatic heterocycles. The minimum absolute atomic E-state index is 0.244. The standard InChI is InChI=1S/C16H19NO4/c1-15(13(18)20-2)10-16(17-11-15,14(19)21-3)9-12-7-5-4-6-8-12/h4-8,11H,9-10H2,1-3H3/t15-,16-/m0/s1. The molecule has 1 heterocycles. The molecular weight excluding hydrogens is 270 g/mol. The van der Waals surface area contributed by atoms with E-state index < -0.39 is 22.9 Å². The van der Waals surface area contributed by atoms with Crippen LogP contribution >= 0.6 is 0 Å². The van der Waals surface area contributed by atoms with Crippen molar-refractivity contribution in [2.24, 2.45) is 10.4 Å². The molecular formula is C16H19NO4. The first kappa shape index (κ1) is 15.2. The van der Waals surface area contributed by atoms with Gasteiger partial charge in [-0.15, -0.1) is 0 Å². The van der Waals surface area contributed by atoms with Crippen molar-refractivity contribution in [2.75, 3.05) is 14.2 Å². The Hall–Kier alpha value is -2.17. The molecule has 0 N–H and O–H groups in total. The number of ether oxygens (including phenoxy) is 2. The fraction of sp³-hybridized carbons (Fsp3) is 0.438. The van der Waals surface area contributed by atoms with E-state index in [4.69, 9.17) is 9.47 Å². The van der Waals surface area contributed by atoms with Gasteiger partial charge in [0.2, 0.25) is 0 Å². The van der Waals surface area contributed by atoms with Gasteiger partial charge < -0.3 is 9.47 Å². The molecule has 0 spiro atoms. The van der Waals surface area contributed by atoms with E-state index in [1.807, 2.05) is 30.3 Å². The molecule has 0 saturated heterocycles. The topological polar surface area (TPSA) is 65.0 Å². The van der Waals surface area contributed by atoms with Gasteiger partial charge in [-0.1, -0.05) is 30.3 Å². The Bertz CT molecular complexity index is 569. The zero-order valence-electron chi connectivity index (χ0n) is 12.5. The fourth-order valence-corrected chi connectivity index (χ4v) is 2.75. The van der Waals surface area contributed by atoms with E-state index >= 15 is 0 Å². The number of hydrogen-bond donors (Lipinski definition) is 0. The van der Waals surface area contributed by atoms with Crippen molar-refractivity contribution in [2.45, 2.75) is 25.3 Å². The maximum atomic E-state index is 12.3. The van der Waals surface area contributed by atoms with Gasteiger partial charge in [0.05, 0.1) is 14.2 Å². The number of methoxy groups -OCH3 is 2. The third-order valence-electron chi connectivity index (χ3n) is 3.81. The van der Waals surface area contributed by atoms with Gasteiger partial charge in [0, 0.05) is 19.1 Å². The maximum Gasteiger partial charge on any atom is 0.334 e. The zero-order valence-corrected chi connectivity index (χ0v) is 12.5. The van der Waals surface area contributed by atoms with Gasteiger partial charge in [-0.3, -0.25) is 9.79 Å². The second kappa shape index (κ2) is 5.68. The van der Waals surface area contributed by atoms with Crippen molar-refractivity contribution in [3.05, 3.63) is 35.9 Å². The van der Waals surface area contributed by atoms with E-state index in [0.717, 1.165) is 5.56 Å². The number of carbonyl (C=O) groups is 2. The monoisotopic (exact) mass is 289 g/mol. The minimum Gasteiger partial charge on any atom is -0.468 e. The average molecular weight is 289 g/mol. The Morgan fingerprint density at radius 2 is 1.76 bits per heavy atom. The van der Waals surface area contributed by atoms with Crippen molar-refractivity contribution < 1.29 is 19.1 Å². The summed E-state index contributed by atoms with van der Waals surface area (Å²) in [7, 11) is 2.66. The van der Waals surface area contributed by atoms with E-state index in [1.165, 1.54) is 20.4 Å². The minimum atomic E-state index is -1.07. The maximum absolute atomic E-state index is 12.3. The third-order valence-corrected chi connectivity index (χ3v) is 3.81. The number of carbonyl (C=O) groups excluding carboxylic acids is 2. The highest BCUT2D eigenvalue weighted by Crippen LogP contribution is 2.39. The van der Waals surface area contributed by atoms with Crippen LogP contribution < -0.4 is 0 Å². The van der Waals surface area contributed by atoms with E-state index in [2.05, 4.69) is 4.99 Å². The number of hydrogen-bond acceptors (Lipinski definition) is 5. The summed E-state index contributed by atoms with van der Waals surface area (Å²) >= 11 is 0. The molecule has 1 aliphatic heterocycles. The summed E-state index contributed by atoms with van der Waals surface area (Å²) in [6.07, 6.45) is 2.15. The second-order valence-corrected chi connectivity index (χ2v) is 5.53. The van der Waals surface area contributed by atoms with Gasteiger partial charge in [0.25, 0.3) is 0 Å². The number of benzene rings is 1. The van der Waals surface area contributed by atoms with Crippen molar-refractivity contribution in [3.8, 4) is 0 Å². The number of esters is 2. The summed E-state index contributed by atoms with van der Waals surface area (Å²) in [6.45, 7) is 1.72. The Morgan fingerprint density at radius 3 is 2.33 bits per heavy atom. The summed E-state index contributed by atoms with van der Waals surface area (Å²) in [5.74, 6) is -0.833. The highest BCUT2D eigenvalue weighted by atomic mass is 16.5. The van der Waals surface area contributed by atoms with E-state index in [-0.39, 0.29) is 6.42 Å². The van der Waals surface area contributed by atoms with Crippen LogP contribution in [0.3, 0.4) is 0 Å². The molecule has 112 valence electrons. The van der Waals surface area contributed by atoms with Crippen LogP contribution in [-0.2, 0) is 25.5 Å². The molecule has 5 nitrogen and oxygen atoms in total. The molecule has 1 aliphatic rings. The molecule has 1 aromatic carbocycles. The lowest BCUT2D eigenvalue weighted by molar-refractivity contribution is -0.151. The summed E-state index contributed by atoms with van der Waals surface area (Å²) in [5.41, 5.74) is -1.01. The first-order valence-electron chi connectivity index (χ1n) is 6.73. The molecule has 0 unspecified atom stereocenters. The fourth-order valence-electron chi connectivity index (χ4n) is 2.75. The average Bonchev–Trinajstić information content (AvgIpc) is 2.86. The largest absolute Gasteiger partial charge is 0.468 e. The van der Waals surface area contributed by atoms with Gasteiger partial charge in [-0.05, 0) is 12.5 Å². The highest BCUT2D eigenvalue weighted by Gasteiger charge is 2.52. The van der Waals surface area contributed by atoms with Crippen LogP contribution in [0.1, 0.15) is 18.9 Å². The Labute approximate surface area is 124 Å². The molecule has 21 heavy (non-hydrogen) atoms. The Kier molecular flexibility index (Phi) is 4.11. The van der Waals surface area contributed by atoms with E-state index in [9.17, 15) is 9.59 Å². The lowest BCUT2D eigenvalue weighted by Crippen LogP contribution is -2.42. The van der Waals surface area contributed by atoms with E-state index in [0.29, 0.717) is 6.42 Å². The second-order valence-electron chi connectivity index (χ2n) is 5.53. The lowest BCUT2D eigenvalue weighted by atomic mass is 9.78. The van der Waals surface area contributed by atoms with Crippen molar-refractivity contribution in [3.63, 3.8) is 0 Å². The summed E-state index contributed by atoms with van der Waals surface area (Å²) in [5, 5.41) is 0. The number of nitrogens with zero attached hydrogens (tertiary/aromatic N) is 1. The van der Waals surface area contributed by atoms with Gasteiger partial charge in [0.15, 0.2) is 5.54 Å². The van der Waals surface area contributed by atoms with Crippen LogP contribution in [0.25, 0.3) is 0 Å². The Morgan fingerprint density at radius 1 is 1.14 bits per heavy atom. The van der Waals surface area contributed by atoms with E-state index in [1.54, 1.807) is 6.92 Å². The van der Waals surface area contributed by atoms with Crippen molar-refractivity contribution in [1.29, 1.82) is 0 Å². The van der Waals surface area contributed by atoms with Crippen LogP contribution in [0.5, 0.6) is 0 Å². The lowest BCUT2D eigenvalue weighted by Gasteiger charge is -2.27. The molecule has 0 radical (unpaired) electrons. The zero-order chi connectivity index (χ0) is 15.5. The van der Waals surface area contributed by atoms with Gasteiger partial charge in [-0.25, -0.2) is 4.79 Å². The molecule has 5 heteroatoms. The predicted molar refractivity (Wildman–Crippen MR) is 78.1 cm³/mol. The first-order chi connectivity index (χ1) is 9.96. The molecule has 0 amide bonds. The Balaban J connectivity index is 2.32. The van der Waals surface area contributed by atoms with Crippen LogP contribution in [0.2, 0.25) is 0 Å². The SMILES string of the molecule is COC(=O)[C@]1(Cc2ccccc2)C[C@](C)(C(=O)OC)C=N1. The quantitative estimate of drug-likeness (QED) is 0.793. The molecule has 2 atom stereocenters. The first-order valence-corrected chi connectivity index (χ1v) is 6.73. The van der Waals surface area contributed by atoms with Crippen LogP contribution in [0.15, 0.2) is 35.3 Å². The summed E-state index contributed by atoms with van der Waals surface area (Å²) in [6, 6.07) is 9.56. The number of aliphatic imine (C=N–C) groups is 1. The van der Waals surface area contributed by atoms with Gasteiger partial charge in [0.1, 0.15) is 5.41 Å². The normalized spacial score (nSPS) is 27.4. The number of rotatable bonds is 4. The van der Waals surface area contributed by atoms with Gasteiger partial charge >= 0.3 is 11.9 Å². The van der Waals surface area contributed by atoms with Crippen LogP contribution in [0.4, 0.5) is 0 Å². The smallest absolute Gasteiger partial charge is 0.334 e. The van der Waals surface area contributed by atoms with Gasteiger partial charge in [-0.2, -0.15) is 0 Å². The molecule has 0 bridgehead atoms.